The molecular weight excluding hydrogens is 339 g/mol. The number of carbonyl (C=O) groups is 2. The number of hydrogen-bond donors (Lipinski definition) is 2. The van der Waals surface area contributed by atoms with Crippen molar-refractivity contribution in [2.75, 3.05) is 11.9 Å². The molecule has 1 aromatic heterocycles. The molecule has 2 N–H and O–H groups in total. The highest BCUT2D eigenvalue weighted by molar-refractivity contribution is 7.08. The van der Waals surface area contributed by atoms with Crippen molar-refractivity contribution >= 4 is 40.4 Å². The predicted molar refractivity (Wildman–Crippen MR) is 90.4 cm³/mol. The first-order chi connectivity index (χ1) is 10.8. The zero-order valence-corrected chi connectivity index (χ0v) is 14.2. The molecule has 1 aromatic carbocycles. The topological polar surface area (TPSA) is 58.2 Å². The van der Waals surface area contributed by atoms with Crippen LogP contribution in [-0.4, -0.2) is 18.4 Å². The Labute approximate surface area is 142 Å². The molecule has 2 rings (SSSR count). The second-order valence-corrected chi connectivity index (χ2v) is 6.85. The number of hydrogen-bond acceptors (Lipinski definition) is 3. The van der Waals surface area contributed by atoms with E-state index in [4.69, 9.17) is 11.6 Å². The molecular formula is C16H16ClFN2O2S. The van der Waals surface area contributed by atoms with Crippen LogP contribution in [0.15, 0.2) is 35.0 Å². The van der Waals surface area contributed by atoms with Gasteiger partial charge in [-0.1, -0.05) is 25.4 Å². The smallest absolute Gasteiger partial charge is 0.313 e. The van der Waals surface area contributed by atoms with Crippen LogP contribution < -0.4 is 10.6 Å². The molecule has 1 heterocycles. The van der Waals surface area contributed by atoms with E-state index in [1.807, 2.05) is 30.7 Å². The van der Waals surface area contributed by atoms with Gasteiger partial charge in [0.25, 0.3) is 0 Å². The van der Waals surface area contributed by atoms with Gasteiger partial charge in [-0.2, -0.15) is 11.3 Å². The third-order valence-electron chi connectivity index (χ3n) is 3.38. The minimum absolute atomic E-state index is 0.123. The van der Waals surface area contributed by atoms with Crippen LogP contribution in [-0.2, 0) is 15.0 Å². The van der Waals surface area contributed by atoms with E-state index in [1.165, 1.54) is 12.1 Å². The number of amides is 2. The van der Waals surface area contributed by atoms with E-state index in [-0.39, 0.29) is 16.1 Å². The molecule has 0 aliphatic carbocycles. The Kier molecular flexibility index (Phi) is 5.38. The number of nitrogens with one attached hydrogen (secondary N) is 2. The fourth-order valence-electron chi connectivity index (χ4n) is 1.89. The number of thiophene rings is 1. The number of carbonyl (C=O) groups excluding carboxylic acids is 2. The summed E-state index contributed by atoms with van der Waals surface area (Å²) >= 11 is 7.21. The quantitative estimate of drug-likeness (QED) is 0.824. The average Bonchev–Trinajstić information content (AvgIpc) is 3.04. The van der Waals surface area contributed by atoms with Crippen LogP contribution in [0.2, 0.25) is 5.02 Å². The van der Waals surface area contributed by atoms with Gasteiger partial charge in [-0.3, -0.25) is 9.59 Å². The highest BCUT2D eigenvalue weighted by Crippen LogP contribution is 2.24. The molecule has 0 bridgehead atoms. The lowest BCUT2D eigenvalue weighted by atomic mass is 9.86. The fraction of sp³-hybridized carbons (Fsp3) is 0.250. The maximum Gasteiger partial charge on any atom is 0.313 e. The summed E-state index contributed by atoms with van der Waals surface area (Å²) in [6.45, 7) is 4.28. The number of anilines is 1. The van der Waals surface area contributed by atoms with Crippen LogP contribution in [0.3, 0.4) is 0 Å². The summed E-state index contributed by atoms with van der Waals surface area (Å²) in [6.07, 6.45) is 0. The monoisotopic (exact) mass is 354 g/mol. The Morgan fingerprint density at radius 3 is 2.61 bits per heavy atom. The Balaban J connectivity index is 1.92. The molecule has 2 amide bonds. The molecule has 4 nitrogen and oxygen atoms in total. The molecule has 0 radical (unpaired) electrons. The summed E-state index contributed by atoms with van der Waals surface area (Å²) in [4.78, 5) is 23.7. The Hall–Kier alpha value is -1.92. The number of rotatable bonds is 4. The van der Waals surface area contributed by atoms with Gasteiger partial charge in [0.05, 0.1) is 5.02 Å². The van der Waals surface area contributed by atoms with Gasteiger partial charge >= 0.3 is 11.8 Å². The maximum absolute atomic E-state index is 13.1. The van der Waals surface area contributed by atoms with Gasteiger partial charge in [0, 0.05) is 17.6 Å². The lowest BCUT2D eigenvalue weighted by Crippen LogP contribution is -2.41. The third kappa shape index (κ3) is 4.53. The minimum Gasteiger partial charge on any atom is -0.347 e. The van der Waals surface area contributed by atoms with Crippen molar-refractivity contribution in [3.05, 3.63) is 51.4 Å². The van der Waals surface area contributed by atoms with Crippen molar-refractivity contribution in [1.29, 1.82) is 0 Å². The summed E-state index contributed by atoms with van der Waals surface area (Å²) in [6, 6.07) is 5.69. The lowest BCUT2D eigenvalue weighted by Gasteiger charge is -2.24. The second-order valence-electron chi connectivity index (χ2n) is 5.66. The number of halogens is 2. The van der Waals surface area contributed by atoms with Gasteiger partial charge in [-0.05, 0) is 40.6 Å². The van der Waals surface area contributed by atoms with Crippen molar-refractivity contribution in [1.82, 2.24) is 5.32 Å². The molecule has 0 saturated heterocycles. The number of benzene rings is 1. The molecule has 0 aliphatic rings. The van der Waals surface area contributed by atoms with E-state index in [0.717, 1.165) is 11.6 Å². The predicted octanol–water partition coefficient (Wildman–Crippen LogP) is 3.57. The Morgan fingerprint density at radius 2 is 2.00 bits per heavy atom. The van der Waals surface area contributed by atoms with Gasteiger partial charge in [-0.15, -0.1) is 0 Å². The molecule has 0 unspecified atom stereocenters. The maximum atomic E-state index is 13.1. The van der Waals surface area contributed by atoms with Crippen molar-refractivity contribution in [3.8, 4) is 0 Å². The van der Waals surface area contributed by atoms with Crippen LogP contribution in [0.25, 0.3) is 0 Å². The largest absolute Gasteiger partial charge is 0.347 e. The SMILES string of the molecule is CC(C)(CNC(=O)C(=O)Nc1ccc(F)c(Cl)c1)c1ccsc1. The summed E-state index contributed by atoms with van der Waals surface area (Å²) < 4.78 is 13.1. The second kappa shape index (κ2) is 7.10. The first-order valence-electron chi connectivity index (χ1n) is 6.86. The van der Waals surface area contributed by atoms with Gasteiger partial charge in [-0.25, -0.2) is 4.39 Å². The van der Waals surface area contributed by atoms with Crippen LogP contribution in [0.4, 0.5) is 10.1 Å². The fourth-order valence-corrected chi connectivity index (χ4v) is 2.92. The molecule has 0 fully saturated rings. The van der Waals surface area contributed by atoms with Gasteiger partial charge in [0.2, 0.25) is 0 Å². The zero-order chi connectivity index (χ0) is 17.0. The highest BCUT2D eigenvalue weighted by Gasteiger charge is 2.23. The third-order valence-corrected chi connectivity index (χ3v) is 4.35. The molecule has 122 valence electrons. The van der Waals surface area contributed by atoms with E-state index in [0.29, 0.717) is 6.54 Å². The molecule has 23 heavy (non-hydrogen) atoms. The van der Waals surface area contributed by atoms with Gasteiger partial charge in [0.1, 0.15) is 5.82 Å². The Morgan fingerprint density at radius 1 is 1.26 bits per heavy atom. The lowest BCUT2D eigenvalue weighted by molar-refractivity contribution is -0.136. The summed E-state index contributed by atoms with van der Waals surface area (Å²) in [5.74, 6) is -2.17. The summed E-state index contributed by atoms with van der Waals surface area (Å²) in [5.41, 5.74) is 1.07. The standard InChI is InChI=1S/C16H16ClFN2O2S/c1-16(2,10-5-6-23-8-10)9-19-14(21)15(22)20-11-3-4-13(18)12(17)7-11/h3-8H,9H2,1-2H3,(H,19,21)(H,20,22). The van der Waals surface area contributed by atoms with Crippen LogP contribution in [0, 0.1) is 5.82 Å². The zero-order valence-electron chi connectivity index (χ0n) is 12.7. The van der Waals surface area contributed by atoms with E-state index < -0.39 is 17.6 Å². The van der Waals surface area contributed by atoms with E-state index >= 15 is 0 Å². The summed E-state index contributed by atoms with van der Waals surface area (Å²) in [7, 11) is 0. The van der Waals surface area contributed by atoms with Crippen LogP contribution >= 0.6 is 22.9 Å². The van der Waals surface area contributed by atoms with Crippen molar-refractivity contribution < 1.29 is 14.0 Å². The van der Waals surface area contributed by atoms with E-state index in [2.05, 4.69) is 10.6 Å². The highest BCUT2D eigenvalue weighted by atomic mass is 35.5. The molecule has 0 aliphatic heterocycles. The Bertz CT molecular complexity index is 717. The average molecular weight is 355 g/mol. The van der Waals surface area contributed by atoms with Gasteiger partial charge < -0.3 is 10.6 Å². The van der Waals surface area contributed by atoms with E-state index in [9.17, 15) is 14.0 Å². The van der Waals surface area contributed by atoms with Crippen molar-refractivity contribution in [3.63, 3.8) is 0 Å². The molecule has 0 spiro atoms. The first kappa shape index (κ1) is 17.4. The van der Waals surface area contributed by atoms with Crippen LogP contribution in [0.5, 0.6) is 0 Å². The van der Waals surface area contributed by atoms with Crippen molar-refractivity contribution in [2.45, 2.75) is 19.3 Å². The molecule has 7 heteroatoms. The molecule has 0 saturated carbocycles. The summed E-state index contributed by atoms with van der Waals surface area (Å²) in [5, 5.41) is 8.83. The molecule has 2 aromatic rings. The first-order valence-corrected chi connectivity index (χ1v) is 8.18. The minimum atomic E-state index is -0.825. The van der Waals surface area contributed by atoms with Crippen molar-refractivity contribution in [2.24, 2.45) is 0 Å². The normalized spacial score (nSPS) is 11.1. The van der Waals surface area contributed by atoms with Crippen LogP contribution in [0.1, 0.15) is 19.4 Å². The van der Waals surface area contributed by atoms with Gasteiger partial charge in [0.15, 0.2) is 0 Å². The van der Waals surface area contributed by atoms with E-state index in [1.54, 1.807) is 11.3 Å². The molecule has 0 atom stereocenters.